The predicted octanol–water partition coefficient (Wildman–Crippen LogP) is 2.79. The Balaban J connectivity index is 2.50. The molecule has 20 heavy (non-hydrogen) atoms. The van der Waals surface area contributed by atoms with Gasteiger partial charge in [0.1, 0.15) is 5.75 Å². The second kappa shape index (κ2) is 6.49. The molecule has 5 heteroatoms. The minimum Gasteiger partial charge on any atom is -0.494 e. The van der Waals surface area contributed by atoms with Crippen LogP contribution in [0.4, 0.5) is 0 Å². The number of nitrogens with one attached hydrogen (secondary N) is 1. The molecule has 0 bridgehead atoms. The van der Waals surface area contributed by atoms with Crippen LogP contribution in [0.5, 0.6) is 5.75 Å². The van der Waals surface area contributed by atoms with E-state index >= 15 is 0 Å². The molecule has 0 spiro atoms. The van der Waals surface area contributed by atoms with Gasteiger partial charge in [-0.15, -0.1) is 11.8 Å². The normalized spacial score (nSPS) is 18.4. The molecule has 1 N–H and O–H groups in total. The van der Waals surface area contributed by atoms with Crippen LogP contribution < -0.4 is 10.1 Å². The highest BCUT2D eigenvalue weighted by atomic mass is 32.2. The lowest BCUT2D eigenvalue weighted by molar-refractivity contribution is -0.120. The van der Waals surface area contributed by atoms with Crippen molar-refractivity contribution in [1.82, 2.24) is 5.32 Å². The largest absolute Gasteiger partial charge is 0.494 e. The Hall–Kier alpha value is -1.93. The molecule has 1 aliphatic rings. The van der Waals surface area contributed by atoms with E-state index in [1.165, 1.54) is 11.8 Å². The molecule has 1 aliphatic heterocycles. The number of nitriles is 1. The van der Waals surface area contributed by atoms with E-state index in [1.807, 2.05) is 37.4 Å². The third kappa shape index (κ3) is 2.81. The van der Waals surface area contributed by atoms with Crippen LogP contribution in [0.2, 0.25) is 0 Å². The zero-order valence-corrected chi connectivity index (χ0v) is 12.3. The van der Waals surface area contributed by atoms with Crippen molar-refractivity contribution in [2.24, 2.45) is 0 Å². The number of nitrogens with zero attached hydrogens (tertiary/aromatic N) is 1. The zero-order chi connectivity index (χ0) is 14.5. The minimum absolute atomic E-state index is 0.0651. The summed E-state index contributed by atoms with van der Waals surface area (Å²) in [6.45, 7) is 2.47. The number of carbonyl (C=O) groups is 1. The predicted molar refractivity (Wildman–Crippen MR) is 79.3 cm³/mol. The van der Waals surface area contributed by atoms with Gasteiger partial charge in [0.15, 0.2) is 0 Å². The number of rotatable bonds is 4. The van der Waals surface area contributed by atoms with Crippen LogP contribution in [-0.2, 0) is 4.79 Å². The van der Waals surface area contributed by atoms with Gasteiger partial charge in [-0.3, -0.25) is 4.79 Å². The molecular formula is C15H16N2O2S. The van der Waals surface area contributed by atoms with Gasteiger partial charge in [0.25, 0.3) is 0 Å². The highest BCUT2D eigenvalue weighted by molar-refractivity contribution is 8.02. The molecule has 0 saturated carbocycles. The Labute approximate surface area is 122 Å². The van der Waals surface area contributed by atoms with Gasteiger partial charge in [0.05, 0.1) is 23.3 Å². The van der Waals surface area contributed by atoms with E-state index in [9.17, 15) is 10.1 Å². The average Bonchev–Trinajstić information content (AvgIpc) is 2.47. The van der Waals surface area contributed by atoms with Gasteiger partial charge < -0.3 is 10.1 Å². The summed E-state index contributed by atoms with van der Waals surface area (Å²) >= 11 is 1.38. The fourth-order valence-electron chi connectivity index (χ4n) is 2.30. The van der Waals surface area contributed by atoms with Crippen LogP contribution in [0.15, 0.2) is 34.9 Å². The Bertz CT molecular complexity index is 590. The van der Waals surface area contributed by atoms with Gasteiger partial charge in [0, 0.05) is 17.9 Å². The maximum atomic E-state index is 11.8. The summed E-state index contributed by atoms with van der Waals surface area (Å²) in [4.78, 5) is 11.8. The molecule has 2 rings (SSSR count). The van der Waals surface area contributed by atoms with Crippen LogP contribution in [-0.4, -0.2) is 18.8 Å². The first kappa shape index (κ1) is 14.5. The first-order chi connectivity index (χ1) is 9.71. The van der Waals surface area contributed by atoms with E-state index in [2.05, 4.69) is 11.4 Å². The Kier molecular flexibility index (Phi) is 4.70. The fraction of sp³-hybridized carbons (Fsp3) is 0.333. The Morgan fingerprint density at radius 3 is 2.90 bits per heavy atom. The summed E-state index contributed by atoms with van der Waals surface area (Å²) in [5.41, 5.74) is 1.50. The summed E-state index contributed by atoms with van der Waals surface area (Å²) in [6.07, 6.45) is 2.13. The molecule has 0 fully saturated rings. The SMILES string of the molecule is CCOc1ccccc1[C@@H]1CC(=O)NC(SC)=C1C#N. The summed E-state index contributed by atoms with van der Waals surface area (Å²) in [7, 11) is 0. The lowest BCUT2D eigenvalue weighted by Crippen LogP contribution is -2.30. The van der Waals surface area contributed by atoms with Crippen LogP contribution in [0.1, 0.15) is 24.8 Å². The average molecular weight is 288 g/mol. The molecule has 1 heterocycles. The van der Waals surface area contributed by atoms with Gasteiger partial charge in [-0.1, -0.05) is 18.2 Å². The lowest BCUT2D eigenvalue weighted by Gasteiger charge is -2.25. The van der Waals surface area contributed by atoms with Crippen LogP contribution in [0, 0.1) is 11.3 Å². The van der Waals surface area contributed by atoms with E-state index in [0.29, 0.717) is 17.2 Å². The Morgan fingerprint density at radius 1 is 1.50 bits per heavy atom. The van der Waals surface area contributed by atoms with Gasteiger partial charge in [-0.2, -0.15) is 5.26 Å². The van der Waals surface area contributed by atoms with Gasteiger partial charge >= 0.3 is 0 Å². The Morgan fingerprint density at radius 2 is 2.25 bits per heavy atom. The van der Waals surface area contributed by atoms with Crippen molar-refractivity contribution in [3.63, 3.8) is 0 Å². The van der Waals surface area contributed by atoms with Gasteiger partial charge in [0.2, 0.25) is 5.91 Å². The molecule has 1 atom stereocenters. The van der Waals surface area contributed by atoms with Crippen molar-refractivity contribution < 1.29 is 9.53 Å². The number of amides is 1. The maximum Gasteiger partial charge on any atom is 0.225 e. The van der Waals surface area contributed by atoms with E-state index in [4.69, 9.17) is 4.74 Å². The van der Waals surface area contributed by atoms with E-state index < -0.39 is 0 Å². The van der Waals surface area contributed by atoms with Crippen molar-refractivity contribution >= 4 is 17.7 Å². The molecule has 0 aromatic heterocycles. The van der Waals surface area contributed by atoms with E-state index in [0.717, 1.165) is 11.3 Å². The van der Waals surface area contributed by atoms with E-state index in [-0.39, 0.29) is 18.2 Å². The van der Waals surface area contributed by atoms with Gasteiger partial charge in [-0.05, 0) is 19.2 Å². The van der Waals surface area contributed by atoms with Crippen molar-refractivity contribution in [2.45, 2.75) is 19.3 Å². The molecule has 1 aromatic rings. The van der Waals surface area contributed by atoms with Crippen LogP contribution >= 0.6 is 11.8 Å². The highest BCUT2D eigenvalue weighted by Gasteiger charge is 2.30. The maximum absolute atomic E-state index is 11.8. The molecule has 4 nitrogen and oxygen atoms in total. The summed E-state index contributed by atoms with van der Waals surface area (Å²) in [5.74, 6) is 0.437. The molecule has 1 aromatic carbocycles. The monoisotopic (exact) mass is 288 g/mol. The third-order valence-electron chi connectivity index (χ3n) is 3.15. The highest BCUT2D eigenvalue weighted by Crippen LogP contribution is 2.39. The van der Waals surface area contributed by atoms with Crippen molar-refractivity contribution in [2.75, 3.05) is 12.9 Å². The second-order valence-corrected chi connectivity index (χ2v) is 5.15. The van der Waals surface area contributed by atoms with Gasteiger partial charge in [-0.25, -0.2) is 0 Å². The molecule has 104 valence electrons. The minimum atomic E-state index is -0.237. The molecule has 1 amide bonds. The number of carbonyl (C=O) groups excluding carboxylic acids is 1. The standard InChI is InChI=1S/C15H16N2O2S/c1-3-19-13-7-5-4-6-10(13)11-8-14(18)17-15(20-2)12(11)9-16/h4-7,11H,3,8H2,1-2H3,(H,17,18)/t11-/m0/s1. The quantitative estimate of drug-likeness (QED) is 0.925. The number of thioether (sulfide) groups is 1. The topological polar surface area (TPSA) is 62.1 Å². The third-order valence-corrected chi connectivity index (χ3v) is 3.88. The van der Waals surface area contributed by atoms with Crippen molar-refractivity contribution in [3.8, 4) is 11.8 Å². The number of hydrogen-bond donors (Lipinski definition) is 1. The first-order valence-corrected chi connectivity index (χ1v) is 7.63. The number of para-hydroxylation sites is 1. The van der Waals surface area contributed by atoms with Crippen molar-refractivity contribution in [1.29, 1.82) is 5.26 Å². The summed E-state index contributed by atoms with van der Waals surface area (Å²) < 4.78 is 5.62. The van der Waals surface area contributed by atoms with E-state index in [1.54, 1.807) is 0 Å². The lowest BCUT2D eigenvalue weighted by atomic mass is 9.86. The molecule has 0 radical (unpaired) electrons. The fourth-order valence-corrected chi connectivity index (χ4v) is 2.92. The molecule has 0 aliphatic carbocycles. The zero-order valence-electron chi connectivity index (χ0n) is 11.5. The summed E-state index contributed by atoms with van der Waals surface area (Å²) in [6, 6.07) is 9.82. The molecule has 0 saturated heterocycles. The molecule has 0 unspecified atom stereocenters. The molecular weight excluding hydrogens is 272 g/mol. The second-order valence-electron chi connectivity index (χ2n) is 4.33. The number of hydrogen-bond acceptors (Lipinski definition) is 4. The number of ether oxygens (including phenoxy) is 1. The first-order valence-electron chi connectivity index (χ1n) is 6.41. The smallest absolute Gasteiger partial charge is 0.225 e. The van der Waals surface area contributed by atoms with Crippen LogP contribution in [0.25, 0.3) is 0 Å². The number of allylic oxidation sites excluding steroid dienone is 1. The van der Waals surface area contributed by atoms with Crippen molar-refractivity contribution in [3.05, 3.63) is 40.4 Å². The number of benzene rings is 1. The van der Waals surface area contributed by atoms with Crippen LogP contribution in [0.3, 0.4) is 0 Å². The summed E-state index contributed by atoms with van der Waals surface area (Å²) in [5, 5.41) is 12.8.